The summed E-state index contributed by atoms with van der Waals surface area (Å²) in [5.41, 5.74) is 1.32. The number of nitrogens with one attached hydrogen (secondary N) is 1. The Labute approximate surface area is 162 Å². The van der Waals surface area contributed by atoms with Crippen LogP contribution in [0.5, 0.6) is 5.75 Å². The molecular formula is C21H22FNO5. The van der Waals surface area contributed by atoms with Crippen molar-refractivity contribution in [1.29, 1.82) is 0 Å². The Kier molecular flexibility index (Phi) is 7.26. The Hall–Kier alpha value is -3.22. The van der Waals surface area contributed by atoms with Crippen molar-refractivity contribution >= 4 is 23.3 Å². The number of ether oxygens (including phenoxy) is 2. The number of amides is 1. The molecule has 1 amide bonds. The van der Waals surface area contributed by atoms with Gasteiger partial charge in [0.1, 0.15) is 11.6 Å². The Morgan fingerprint density at radius 1 is 1.11 bits per heavy atom. The van der Waals surface area contributed by atoms with Crippen LogP contribution < -0.4 is 10.1 Å². The monoisotopic (exact) mass is 387 g/mol. The van der Waals surface area contributed by atoms with Gasteiger partial charge in [-0.1, -0.05) is 6.07 Å². The Morgan fingerprint density at radius 2 is 1.79 bits per heavy atom. The zero-order valence-electron chi connectivity index (χ0n) is 16.0. The van der Waals surface area contributed by atoms with E-state index in [1.807, 2.05) is 0 Å². The summed E-state index contributed by atoms with van der Waals surface area (Å²) in [5, 5.41) is 2.50. The van der Waals surface area contributed by atoms with E-state index in [1.165, 1.54) is 19.9 Å². The maximum Gasteiger partial charge on any atom is 0.310 e. The van der Waals surface area contributed by atoms with Crippen LogP contribution >= 0.6 is 0 Å². The number of esters is 1. The molecule has 2 rings (SSSR count). The highest BCUT2D eigenvalue weighted by Gasteiger charge is 2.18. The predicted octanol–water partition coefficient (Wildman–Crippen LogP) is 3.68. The number of rotatable bonds is 8. The smallest absolute Gasteiger partial charge is 0.310 e. The van der Waals surface area contributed by atoms with Gasteiger partial charge in [0.15, 0.2) is 11.9 Å². The maximum absolute atomic E-state index is 13.5. The SMILES string of the molecule is CC(=O)c1ccc(OCCC(=O)OC(C)C(=O)Nc2ccc(C)c(F)c2)cc1. The average molecular weight is 387 g/mol. The number of halogens is 1. The van der Waals surface area contributed by atoms with Crippen LogP contribution in [0.2, 0.25) is 0 Å². The lowest BCUT2D eigenvalue weighted by atomic mass is 10.1. The molecule has 0 aromatic heterocycles. The second-order valence-corrected chi connectivity index (χ2v) is 6.26. The van der Waals surface area contributed by atoms with Crippen molar-refractivity contribution in [2.75, 3.05) is 11.9 Å². The normalized spacial score (nSPS) is 11.4. The van der Waals surface area contributed by atoms with Crippen molar-refractivity contribution in [3.8, 4) is 5.75 Å². The highest BCUT2D eigenvalue weighted by atomic mass is 19.1. The molecule has 0 aliphatic carbocycles. The number of hydrogen-bond acceptors (Lipinski definition) is 5. The lowest BCUT2D eigenvalue weighted by Crippen LogP contribution is -2.30. The molecular weight excluding hydrogens is 365 g/mol. The molecule has 1 N–H and O–H groups in total. The van der Waals surface area contributed by atoms with Gasteiger partial charge < -0.3 is 14.8 Å². The van der Waals surface area contributed by atoms with Crippen LogP contribution in [0.3, 0.4) is 0 Å². The first kappa shape index (κ1) is 21.1. The number of anilines is 1. The van der Waals surface area contributed by atoms with E-state index in [0.29, 0.717) is 16.9 Å². The number of ketones is 1. The first-order valence-corrected chi connectivity index (χ1v) is 8.76. The number of benzene rings is 2. The molecule has 2 aromatic carbocycles. The molecule has 1 atom stereocenters. The summed E-state index contributed by atoms with van der Waals surface area (Å²) in [5.74, 6) is -1.12. The van der Waals surface area contributed by atoms with Crippen molar-refractivity contribution in [2.45, 2.75) is 33.3 Å². The van der Waals surface area contributed by atoms with Crippen molar-refractivity contribution in [1.82, 2.24) is 0 Å². The number of aryl methyl sites for hydroxylation is 1. The van der Waals surface area contributed by atoms with E-state index < -0.39 is 23.8 Å². The first-order valence-electron chi connectivity index (χ1n) is 8.76. The van der Waals surface area contributed by atoms with Gasteiger partial charge in [-0.3, -0.25) is 14.4 Å². The predicted molar refractivity (Wildman–Crippen MR) is 102 cm³/mol. The molecule has 0 heterocycles. The van der Waals surface area contributed by atoms with Crippen LogP contribution in [0, 0.1) is 12.7 Å². The molecule has 28 heavy (non-hydrogen) atoms. The zero-order valence-corrected chi connectivity index (χ0v) is 16.0. The van der Waals surface area contributed by atoms with Crippen LogP contribution in [0.1, 0.15) is 36.2 Å². The summed E-state index contributed by atoms with van der Waals surface area (Å²) in [7, 11) is 0. The lowest BCUT2D eigenvalue weighted by Gasteiger charge is -2.14. The van der Waals surface area contributed by atoms with Gasteiger partial charge in [-0.15, -0.1) is 0 Å². The summed E-state index contributed by atoms with van der Waals surface area (Å²) < 4.78 is 24.0. The van der Waals surface area contributed by atoms with E-state index in [9.17, 15) is 18.8 Å². The van der Waals surface area contributed by atoms with Crippen LogP contribution in [-0.2, 0) is 14.3 Å². The third-order valence-corrected chi connectivity index (χ3v) is 3.95. The molecule has 7 heteroatoms. The van der Waals surface area contributed by atoms with E-state index in [-0.39, 0.29) is 24.5 Å². The standard InChI is InChI=1S/C21H22FNO5/c1-13-4-7-17(12-19(13)22)23-21(26)15(3)28-20(25)10-11-27-18-8-5-16(6-9-18)14(2)24/h4-9,12,15H,10-11H2,1-3H3,(H,23,26). The fourth-order valence-electron chi connectivity index (χ4n) is 2.26. The second-order valence-electron chi connectivity index (χ2n) is 6.26. The number of carbonyl (C=O) groups is 3. The average Bonchev–Trinajstić information content (AvgIpc) is 2.65. The molecule has 0 bridgehead atoms. The topological polar surface area (TPSA) is 81.7 Å². The van der Waals surface area contributed by atoms with Crippen LogP contribution in [0.25, 0.3) is 0 Å². The largest absolute Gasteiger partial charge is 0.493 e. The molecule has 0 radical (unpaired) electrons. The summed E-state index contributed by atoms with van der Waals surface area (Å²) in [6.07, 6.45) is -1.09. The van der Waals surface area contributed by atoms with Gasteiger partial charge in [0.25, 0.3) is 5.91 Å². The van der Waals surface area contributed by atoms with Gasteiger partial charge in [-0.05, 0) is 62.7 Å². The lowest BCUT2D eigenvalue weighted by molar-refractivity contribution is -0.153. The summed E-state index contributed by atoms with van der Waals surface area (Å²) >= 11 is 0. The Bertz CT molecular complexity index is 864. The molecule has 0 aliphatic heterocycles. The molecule has 148 valence electrons. The highest BCUT2D eigenvalue weighted by Crippen LogP contribution is 2.15. The summed E-state index contributed by atoms with van der Waals surface area (Å²) in [4.78, 5) is 35.1. The van der Waals surface area contributed by atoms with Gasteiger partial charge in [-0.25, -0.2) is 4.39 Å². The van der Waals surface area contributed by atoms with Crippen LogP contribution in [0.15, 0.2) is 42.5 Å². The molecule has 2 aromatic rings. The fourth-order valence-corrected chi connectivity index (χ4v) is 2.26. The Morgan fingerprint density at radius 3 is 2.39 bits per heavy atom. The third-order valence-electron chi connectivity index (χ3n) is 3.95. The highest BCUT2D eigenvalue weighted by molar-refractivity contribution is 5.95. The van der Waals surface area contributed by atoms with E-state index in [1.54, 1.807) is 43.3 Å². The van der Waals surface area contributed by atoms with E-state index in [4.69, 9.17) is 9.47 Å². The van der Waals surface area contributed by atoms with Gasteiger partial charge in [0.05, 0.1) is 13.0 Å². The summed E-state index contributed by atoms with van der Waals surface area (Å²) in [6.45, 7) is 4.58. The number of carbonyl (C=O) groups excluding carboxylic acids is 3. The summed E-state index contributed by atoms with van der Waals surface area (Å²) in [6, 6.07) is 10.9. The van der Waals surface area contributed by atoms with Crippen molar-refractivity contribution < 1.29 is 28.2 Å². The van der Waals surface area contributed by atoms with Gasteiger partial charge in [0.2, 0.25) is 0 Å². The molecule has 0 fully saturated rings. The molecule has 0 spiro atoms. The van der Waals surface area contributed by atoms with Crippen LogP contribution in [-0.4, -0.2) is 30.4 Å². The zero-order chi connectivity index (χ0) is 20.7. The fraction of sp³-hybridized carbons (Fsp3) is 0.286. The van der Waals surface area contributed by atoms with Gasteiger partial charge in [0, 0.05) is 11.3 Å². The maximum atomic E-state index is 13.5. The van der Waals surface area contributed by atoms with Crippen LogP contribution in [0.4, 0.5) is 10.1 Å². The molecule has 0 aliphatic rings. The van der Waals surface area contributed by atoms with E-state index in [2.05, 4.69) is 5.32 Å². The molecule has 6 nitrogen and oxygen atoms in total. The second kappa shape index (κ2) is 9.64. The minimum absolute atomic E-state index is 0.0456. The minimum atomic E-state index is -1.04. The van der Waals surface area contributed by atoms with Gasteiger partial charge >= 0.3 is 5.97 Å². The quantitative estimate of drug-likeness (QED) is 0.552. The first-order chi connectivity index (χ1) is 13.3. The van der Waals surface area contributed by atoms with Gasteiger partial charge in [-0.2, -0.15) is 0 Å². The number of hydrogen-bond donors (Lipinski definition) is 1. The number of Topliss-reactive ketones (excluding diaryl/α,β-unsaturated/α-hetero) is 1. The molecule has 0 saturated heterocycles. The molecule has 1 unspecified atom stereocenters. The Balaban J connectivity index is 1.76. The van der Waals surface area contributed by atoms with E-state index >= 15 is 0 Å². The van der Waals surface area contributed by atoms with Crippen molar-refractivity contribution in [2.24, 2.45) is 0 Å². The minimum Gasteiger partial charge on any atom is -0.493 e. The van der Waals surface area contributed by atoms with E-state index in [0.717, 1.165) is 0 Å². The third kappa shape index (κ3) is 6.19. The van der Waals surface area contributed by atoms with Crippen molar-refractivity contribution in [3.05, 3.63) is 59.4 Å². The molecule has 0 saturated carbocycles. The van der Waals surface area contributed by atoms with Crippen molar-refractivity contribution in [3.63, 3.8) is 0 Å².